The van der Waals surface area contributed by atoms with Crippen LogP contribution in [0.5, 0.6) is 0 Å². The number of carboxylic acid groups (broad SMARTS) is 1. The van der Waals surface area contributed by atoms with Gasteiger partial charge >= 0.3 is 5.97 Å². The van der Waals surface area contributed by atoms with Gasteiger partial charge in [0.25, 0.3) is 0 Å². The summed E-state index contributed by atoms with van der Waals surface area (Å²) in [5, 5.41) is 14.2. The van der Waals surface area contributed by atoms with Crippen LogP contribution in [0.1, 0.15) is 45.4 Å². The third-order valence-electron chi connectivity index (χ3n) is 3.15. The zero-order chi connectivity index (χ0) is 13.6. The first-order valence-electron chi connectivity index (χ1n) is 6.31. The van der Waals surface area contributed by atoms with Crippen molar-refractivity contribution >= 4 is 17.8 Å². The number of hydrogen-bond acceptors (Lipinski definition) is 3. The standard InChI is InChI=1S/C12H20N2O4/c1-2-8-13-9(15)4-5-10(16)14-12(11(17)18)6-3-7-12/h2-8H2,1H3,(H,13,15)(H,14,16)(H,17,18). The zero-order valence-electron chi connectivity index (χ0n) is 10.6. The van der Waals surface area contributed by atoms with Crippen molar-refractivity contribution in [3.05, 3.63) is 0 Å². The molecule has 6 heteroatoms. The summed E-state index contributed by atoms with van der Waals surface area (Å²) in [6.45, 7) is 2.54. The number of amides is 2. The van der Waals surface area contributed by atoms with Crippen LogP contribution in [0.25, 0.3) is 0 Å². The van der Waals surface area contributed by atoms with Crippen LogP contribution in [0.2, 0.25) is 0 Å². The van der Waals surface area contributed by atoms with Gasteiger partial charge in [-0.2, -0.15) is 0 Å². The minimum Gasteiger partial charge on any atom is -0.480 e. The van der Waals surface area contributed by atoms with Gasteiger partial charge in [0.05, 0.1) is 0 Å². The predicted octanol–water partition coefficient (Wildman–Crippen LogP) is 0.416. The highest BCUT2D eigenvalue weighted by Gasteiger charge is 2.45. The van der Waals surface area contributed by atoms with Crippen LogP contribution in [0.15, 0.2) is 0 Å². The summed E-state index contributed by atoms with van der Waals surface area (Å²) in [4.78, 5) is 33.9. The molecular weight excluding hydrogens is 236 g/mol. The summed E-state index contributed by atoms with van der Waals surface area (Å²) in [5.74, 6) is -1.54. The summed E-state index contributed by atoms with van der Waals surface area (Å²) in [5.41, 5.74) is -1.09. The van der Waals surface area contributed by atoms with Crippen molar-refractivity contribution in [1.82, 2.24) is 10.6 Å². The molecule has 0 bridgehead atoms. The van der Waals surface area contributed by atoms with Crippen molar-refractivity contribution in [3.63, 3.8) is 0 Å². The Morgan fingerprint density at radius 3 is 2.22 bits per heavy atom. The summed E-state index contributed by atoms with van der Waals surface area (Å²) in [7, 11) is 0. The normalized spacial score (nSPS) is 16.5. The average molecular weight is 256 g/mol. The maximum absolute atomic E-state index is 11.6. The van der Waals surface area contributed by atoms with Gasteiger partial charge in [-0.05, 0) is 25.7 Å². The van der Waals surface area contributed by atoms with E-state index in [1.165, 1.54) is 0 Å². The number of hydrogen-bond donors (Lipinski definition) is 3. The van der Waals surface area contributed by atoms with E-state index in [0.717, 1.165) is 12.8 Å². The number of nitrogens with one attached hydrogen (secondary N) is 2. The van der Waals surface area contributed by atoms with Gasteiger partial charge in [-0.15, -0.1) is 0 Å². The summed E-state index contributed by atoms with van der Waals surface area (Å²) < 4.78 is 0. The predicted molar refractivity (Wildman–Crippen MR) is 64.9 cm³/mol. The maximum atomic E-state index is 11.6. The number of aliphatic carboxylic acids is 1. The molecule has 0 aromatic carbocycles. The summed E-state index contributed by atoms with van der Waals surface area (Å²) >= 11 is 0. The topological polar surface area (TPSA) is 95.5 Å². The fourth-order valence-corrected chi connectivity index (χ4v) is 1.83. The number of carbonyl (C=O) groups excluding carboxylic acids is 2. The zero-order valence-corrected chi connectivity index (χ0v) is 10.6. The average Bonchev–Trinajstić information content (AvgIpc) is 2.28. The van der Waals surface area contributed by atoms with Crippen LogP contribution in [0.3, 0.4) is 0 Å². The molecule has 1 aliphatic carbocycles. The second-order valence-electron chi connectivity index (χ2n) is 4.64. The Morgan fingerprint density at radius 1 is 1.17 bits per heavy atom. The van der Waals surface area contributed by atoms with Crippen molar-refractivity contribution in [3.8, 4) is 0 Å². The smallest absolute Gasteiger partial charge is 0.329 e. The molecule has 0 saturated heterocycles. The van der Waals surface area contributed by atoms with Crippen molar-refractivity contribution in [1.29, 1.82) is 0 Å². The van der Waals surface area contributed by atoms with Gasteiger partial charge in [0.1, 0.15) is 5.54 Å². The first-order valence-corrected chi connectivity index (χ1v) is 6.31. The number of rotatable bonds is 7. The maximum Gasteiger partial charge on any atom is 0.329 e. The van der Waals surface area contributed by atoms with Crippen LogP contribution < -0.4 is 10.6 Å². The van der Waals surface area contributed by atoms with E-state index >= 15 is 0 Å². The minimum atomic E-state index is -1.09. The Labute approximate surface area is 106 Å². The van der Waals surface area contributed by atoms with Gasteiger partial charge in [0.15, 0.2) is 0 Å². The monoisotopic (exact) mass is 256 g/mol. The van der Waals surface area contributed by atoms with Gasteiger partial charge in [-0.25, -0.2) is 4.79 Å². The Bertz CT molecular complexity index is 337. The molecule has 0 radical (unpaired) electrons. The Balaban J connectivity index is 2.29. The van der Waals surface area contributed by atoms with Crippen molar-refractivity contribution < 1.29 is 19.5 Å². The van der Waals surface area contributed by atoms with Crippen molar-refractivity contribution in [2.24, 2.45) is 0 Å². The molecule has 102 valence electrons. The van der Waals surface area contributed by atoms with Crippen molar-refractivity contribution in [2.75, 3.05) is 6.54 Å². The Hall–Kier alpha value is -1.59. The van der Waals surface area contributed by atoms with Gasteiger partial charge in [-0.1, -0.05) is 6.92 Å². The third kappa shape index (κ3) is 3.72. The molecular formula is C12H20N2O4. The van der Waals surface area contributed by atoms with Crippen LogP contribution in [0, 0.1) is 0 Å². The van der Waals surface area contributed by atoms with E-state index in [9.17, 15) is 14.4 Å². The number of carboxylic acids is 1. The summed E-state index contributed by atoms with van der Waals surface area (Å²) in [6.07, 6.45) is 2.72. The van der Waals surface area contributed by atoms with Crippen LogP contribution in [0.4, 0.5) is 0 Å². The lowest BCUT2D eigenvalue weighted by atomic mass is 9.76. The molecule has 0 spiro atoms. The minimum absolute atomic E-state index is 0.0323. The molecule has 0 unspecified atom stereocenters. The first-order chi connectivity index (χ1) is 8.50. The van der Waals surface area contributed by atoms with Gasteiger partial charge in [0.2, 0.25) is 11.8 Å². The molecule has 3 N–H and O–H groups in total. The lowest BCUT2D eigenvalue weighted by molar-refractivity contribution is -0.151. The quantitative estimate of drug-likeness (QED) is 0.615. The van der Waals surface area contributed by atoms with Crippen molar-refractivity contribution in [2.45, 2.75) is 51.0 Å². The molecule has 0 heterocycles. The van der Waals surface area contributed by atoms with E-state index in [4.69, 9.17) is 5.11 Å². The van der Waals surface area contributed by atoms with E-state index in [1.54, 1.807) is 0 Å². The molecule has 1 saturated carbocycles. The Morgan fingerprint density at radius 2 is 1.78 bits per heavy atom. The first kappa shape index (κ1) is 14.5. The van der Waals surface area contributed by atoms with Crippen LogP contribution in [-0.4, -0.2) is 35.0 Å². The van der Waals surface area contributed by atoms with Crippen LogP contribution in [-0.2, 0) is 14.4 Å². The van der Waals surface area contributed by atoms with E-state index in [1.807, 2.05) is 6.92 Å². The largest absolute Gasteiger partial charge is 0.480 e. The molecule has 0 aliphatic heterocycles. The van der Waals surface area contributed by atoms with E-state index in [2.05, 4.69) is 10.6 Å². The fourth-order valence-electron chi connectivity index (χ4n) is 1.83. The molecule has 0 aromatic rings. The SMILES string of the molecule is CCCNC(=O)CCC(=O)NC1(C(=O)O)CCC1. The second-order valence-corrected chi connectivity index (χ2v) is 4.64. The number of carbonyl (C=O) groups is 3. The lowest BCUT2D eigenvalue weighted by Crippen LogP contribution is -2.59. The third-order valence-corrected chi connectivity index (χ3v) is 3.15. The molecule has 6 nitrogen and oxygen atoms in total. The molecule has 1 rings (SSSR count). The van der Waals surface area contributed by atoms with Crippen LogP contribution >= 0.6 is 0 Å². The molecule has 1 fully saturated rings. The summed E-state index contributed by atoms with van der Waals surface area (Å²) in [6, 6.07) is 0. The lowest BCUT2D eigenvalue weighted by Gasteiger charge is -2.38. The van der Waals surface area contributed by atoms with Gasteiger partial charge in [0, 0.05) is 19.4 Å². The van der Waals surface area contributed by atoms with E-state index in [0.29, 0.717) is 19.4 Å². The van der Waals surface area contributed by atoms with E-state index in [-0.39, 0.29) is 24.7 Å². The highest BCUT2D eigenvalue weighted by atomic mass is 16.4. The molecule has 18 heavy (non-hydrogen) atoms. The highest BCUT2D eigenvalue weighted by molar-refractivity contribution is 5.89. The molecule has 0 aromatic heterocycles. The van der Waals surface area contributed by atoms with Gasteiger partial charge in [-0.3, -0.25) is 9.59 Å². The second kappa shape index (κ2) is 6.37. The highest BCUT2D eigenvalue weighted by Crippen LogP contribution is 2.32. The fraction of sp³-hybridized carbons (Fsp3) is 0.750. The van der Waals surface area contributed by atoms with Gasteiger partial charge < -0.3 is 15.7 Å². The molecule has 0 atom stereocenters. The Kier molecular flexibility index (Phi) is 5.12. The molecule has 1 aliphatic rings. The molecule has 2 amide bonds. The van der Waals surface area contributed by atoms with E-state index < -0.39 is 11.5 Å².